The van der Waals surface area contributed by atoms with Crippen molar-refractivity contribution < 1.29 is 22.4 Å². The van der Waals surface area contributed by atoms with Crippen LogP contribution in [0.1, 0.15) is 32.4 Å². The van der Waals surface area contributed by atoms with Crippen LogP contribution < -0.4 is 10.9 Å². The van der Waals surface area contributed by atoms with E-state index in [9.17, 15) is 22.8 Å². The van der Waals surface area contributed by atoms with Crippen molar-refractivity contribution in [2.24, 2.45) is 18.9 Å². The van der Waals surface area contributed by atoms with Crippen molar-refractivity contribution >= 4 is 38.5 Å². The molecule has 4 heterocycles. The number of nitrogens with one attached hydrogen (secondary N) is 1. The monoisotopic (exact) mass is 514 g/mol. The molecule has 2 atom stereocenters. The molecule has 36 heavy (non-hydrogen) atoms. The molecular formula is C25H30N4O6S. The number of hydrogen-bond donors (Lipinski definition) is 1. The number of pyridine rings is 2. The maximum absolute atomic E-state index is 12.8. The molecule has 0 radical (unpaired) electrons. The number of carbonyl (C=O) groups excluding carboxylic acids is 2. The van der Waals surface area contributed by atoms with E-state index in [0.717, 1.165) is 11.8 Å². The van der Waals surface area contributed by atoms with Crippen molar-refractivity contribution in [1.82, 2.24) is 13.9 Å². The molecule has 11 heteroatoms. The molecular weight excluding hydrogens is 484 g/mol. The van der Waals surface area contributed by atoms with Crippen LogP contribution in [-0.4, -0.2) is 53.3 Å². The summed E-state index contributed by atoms with van der Waals surface area (Å²) in [5.74, 6) is 0.417. The van der Waals surface area contributed by atoms with Crippen LogP contribution >= 0.6 is 0 Å². The quantitative estimate of drug-likeness (QED) is 0.535. The van der Waals surface area contributed by atoms with Gasteiger partial charge in [0.15, 0.2) is 5.78 Å². The third-order valence-electron chi connectivity index (χ3n) is 6.80. The van der Waals surface area contributed by atoms with Crippen LogP contribution in [0.3, 0.4) is 0 Å². The van der Waals surface area contributed by atoms with Gasteiger partial charge in [0.25, 0.3) is 5.56 Å². The van der Waals surface area contributed by atoms with Gasteiger partial charge in [-0.1, -0.05) is 6.92 Å². The third-order valence-corrected chi connectivity index (χ3v) is 8.05. The largest absolute Gasteiger partial charge is 0.460 e. The van der Waals surface area contributed by atoms with Crippen LogP contribution in [0, 0.1) is 11.8 Å². The molecule has 2 unspecified atom stereocenters. The number of amides is 1. The summed E-state index contributed by atoms with van der Waals surface area (Å²) in [6.07, 6.45) is 6.10. The Balaban J connectivity index is 1.62. The summed E-state index contributed by atoms with van der Waals surface area (Å²) in [5, 5.41) is 3.10. The van der Waals surface area contributed by atoms with Gasteiger partial charge in [-0.25, -0.2) is 13.4 Å². The summed E-state index contributed by atoms with van der Waals surface area (Å²) in [4.78, 5) is 41.0. The Labute approximate surface area is 209 Å². The van der Waals surface area contributed by atoms with E-state index in [2.05, 4.69) is 10.3 Å². The molecule has 192 valence electrons. The zero-order valence-corrected chi connectivity index (χ0v) is 21.6. The number of aromatic nitrogens is 2. The summed E-state index contributed by atoms with van der Waals surface area (Å²) in [6.45, 7) is 3.47. The molecule has 1 fully saturated rings. The van der Waals surface area contributed by atoms with Crippen molar-refractivity contribution in [3.8, 4) is 11.1 Å². The fraction of sp³-hybridized carbons (Fsp3) is 0.440. The van der Waals surface area contributed by atoms with Crippen LogP contribution in [0.15, 0.2) is 39.8 Å². The van der Waals surface area contributed by atoms with E-state index >= 15 is 0 Å². The lowest BCUT2D eigenvalue weighted by Crippen LogP contribution is -2.34. The minimum absolute atomic E-state index is 0.000164. The van der Waals surface area contributed by atoms with Crippen LogP contribution in [0.4, 0.5) is 5.82 Å². The molecule has 0 saturated carbocycles. The summed E-state index contributed by atoms with van der Waals surface area (Å²) >= 11 is 0. The number of furan rings is 1. The molecule has 1 N–H and O–H groups in total. The lowest BCUT2D eigenvalue weighted by Gasteiger charge is -2.19. The molecule has 0 aliphatic carbocycles. The first-order valence-electron chi connectivity index (χ1n) is 11.8. The zero-order chi connectivity index (χ0) is 26.2. The zero-order valence-electron chi connectivity index (χ0n) is 20.8. The van der Waals surface area contributed by atoms with Gasteiger partial charge in [-0.2, -0.15) is 4.31 Å². The summed E-state index contributed by atoms with van der Waals surface area (Å²) < 4.78 is 32.8. The number of fused-ring (bicyclic) bond motifs is 1. The molecule has 3 aromatic rings. The minimum atomic E-state index is -3.43. The van der Waals surface area contributed by atoms with Gasteiger partial charge in [0.1, 0.15) is 17.2 Å². The average Bonchev–Trinajstić information content (AvgIpc) is 3.17. The van der Waals surface area contributed by atoms with Crippen LogP contribution in [0.25, 0.3) is 22.1 Å². The van der Waals surface area contributed by atoms with E-state index in [1.165, 1.54) is 15.8 Å². The topological polar surface area (TPSA) is 132 Å². The van der Waals surface area contributed by atoms with E-state index in [4.69, 9.17) is 4.42 Å². The highest BCUT2D eigenvalue weighted by atomic mass is 32.2. The van der Waals surface area contributed by atoms with E-state index in [1.807, 2.05) is 6.92 Å². The van der Waals surface area contributed by atoms with Crippen LogP contribution in [0.2, 0.25) is 0 Å². The van der Waals surface area contributed by atoms with E-state index in [0.29, 0.717) is 53.9 Å². The number of hydrogen-bond acceptors (Lipinski definition) is 7. The molecule has 1 saturated heterocycles. The standard InChI is InChI=1S/C25H30N4O6S/c1-15-17(8-10-29(14-22(15)31)36(4,33)34)5-6-19-12-20-24(35-19)21(13-28(3)25(20)32)18-7-9-26-23(11-18)27-16(2)30/h7,9,11-13,15,17H,5-6,8,10,14H2,1-4H3,(H,26,27,30). The molecule has 10 nitrogen and oxygen atoms in total. The maximum Gasteiger partial charge on any atom is 0.261 e. The van der Waals surface area contributed by atoms with Crippen molar-refractivity contribution in [1.29, 1.82) is 0 Å². The first-order chi connectivity index (χ1) is 16.9. The second-order valence-corrected chi connectivity index (χ2v) is 11.4. The molecule has 4 rings (SSSR count). The van der Waals surface area contributed by atoms with Gasteiger partial charge in [-0.3, -0.25) is 14.4 Å². The second-order valence-electron chi connectivity index (χ2n) is 9.46. The molecule has 1 aliphatic heterocycles. The highest BCUT2D eigenvalue weighted by Gasteiger charge is 2.32. The molecule has 1 amide bonds. The van der Waals surface area contributed by atoms with Gasteiger partial charge in [0.05, 0.1) is 18.2 Å². The number of sulfonamides is 1. The molecule has 3 aromatic heterocycles. The van der Waals surface area contributed by atoms with Gasteiger partial charge >= 0.3 is 0 Å². The van der Waals surface area contributed by atoms with Crippen molar-refractivity contribution in [3.63, 3.8) is 0 Å². The predicted molar refractivity (Wildman–Crippen MR) is 136 cm³/mol. The van der Waals surface area contributed by atoms with Crippen LogP contribution in [0.5, 0.6) is 0 Å². The van der Waals surface area contributed by atoms with Gasteiger partial charge in [0.2, 0.25) is 15.9 Å². The minimum Gasteiger partial charge on any atom is -0.460 e. The van der Waals surface area contributed by atoms with Crippen molar-refractivity contribution in [2.45, 2.75) is 33.1 Å². The number of aryl methyl sites for hydroxylation is 2. The Kier molecular flexibility index (Phi) is 7.14. The van der Waals surface area contributed by atoms with E-state index < -0.39 is 10.0 Å². The summed E-state index contributed by atoms with van der Waals surface area (Å²) in [6, 6.07) is 5.23. The van der Waals surface area contributed by atoms with Gasteiger partial charge < -0.3 is 14.3 Å². The summed E-state index contributed by atoms with van der Waals surface area (Å²) in [7, 11) is -1.77. The second kappa shape index (κ2) is 9.98. The number of ketones is 1. The highest BCUT2D eigenvalue weighted by Crippen LogP contribution is 2.32. The number of anilines is 1. The van der Waals surface area contributed by atoms with Crippen molar-refractivity contribution in [2.75, 3.05) is 24.7 Å². The Bertz CT molecular complexity index is 1490. The smallest absolute Gasteiger partial charge is 0.261 e. The number of nitrogens with zero attached hydrogens (tertiary/aromatic N) is 3. The lowest BCUT2D eigenvalue weighted by atomic mass is 9.85. The molecule has 1 aliphatic rings. The number of Topliss-reactive ketones (excluding diaryl/α,β-unsaturated/α-hetero) is 1. The average molecular weight is 515 g/mol. The third kappa shape index (κ3) is 5.41. The SMILES string of the molecule is CC(=O)Nc1cc(-c2cn(C)c(=O)c3cc(CCC4CCN(S(C)(=O)=O)CC(=O)C4C)oc23)ccn1. The highest BCUT2D eigenvalue weighted by molar-refractivity contribution is 7.88. The van der Waals surface area contributed by atoms with E-state index in [1.54, 1.807) is 37.6 Å². The Morgan fingerprint density at radius 1 is 1.28 bits per heavy atom. The molecule has 0 spiro atoms. The Morgan fingerprint density at radius 2 is 2.03 bits per heavy atom. The predicted octanol–water partition coefficient (Wildman–Crippen LogP) is 2.57. The maximum atomic E-state index is 12.8. The molecule has 0 bridgehead atoms. The van der Waals surface area contributed by atoms with Gasteiger partial charge in [0, 0.05) is 50.8 Å². The first-order valence-corrected chi connectivity index (χ1v) is 13.6. The number of carbonyl (C=O) groups is 2. The Hall–Kier alpha value is -3.31. The van der Waals surface area contributed by atoms with E-state index in [-0.39, 0.29) is 35.6 Å². The van der Waals surface area contributed by atoms with Gasteiger partial charge in [-0.05, 0) is 42.5 Å². The van der Waals surface area contributed by atoms with Crippen LogP contribution in [-0.2, 0) is 33.1 Å². The fourth-order valence-corrected chi connectivity index (χ4v) is 5.50. The number of rotatable bonds is 6. The molecule has 0 aromatic carbocycles. The first kappa shape index (κ1) is 25.8. The Morgan fingerprint density at radius 3 is 2.72 bits per heavy atom. The lowest BCUT2D eigenvalue weighted by molar-refractivity contribution is -0.123. The van der Waals surface area contributed by atoms with Crippen molar-refractivity contribution in [3.05, 3.63) is 46.7 Å². The van der Waals surface area contributed by atoms with Gasteiger partial charge in [-0.15, -0.1) is 0 Å². The summed E-state index contributed by atoms with van der Waals surface area (Å²) in [5.41, 5.74) is 1.68. The fourth-order valence-electron chi connectivity index (χ4n) is 4.70. The normalized spacial score (nSPS) is 19.4.